The van der Waals surface area contributed by atoms with Crippen molar-refractivity contribution < 1.29 is 4.74 Å². The molecule has 2 unspecified atom stereocenters. The average molecular weight is 255 g/mol. The van der Waals surface area contributed by atoms with Crippen LogP contribution in [0.15, 0.2) is 18.2 Å². The van der Waals surface area contributed by atoms with Crippen LogP contribution in [0.25, 0.3) is 0 Å². The molecule has 17 heavy (non-hydrogen) atoms. The molecule has 0 bridgehead atoms. The Bertz CT molecular complexity index is 397. The molecule has 1 aromatic rings. The number of benzene rings is 1. The minimum absolute atomic E-state index is 0.265. The Balaban J connectivity index is 2.19. The summed E-state index contributed by atoms with van der Waals surface area (Å²) in [5.74, 6) is 0.708. The van der Waals surface area contributed by atoms with Crippen molar-refractivity contribution >= 4 is 17.3 Å². The normalized spacial score (nSPS) is 23.8. The highest BCUT2D eigenvalue weighted by Gasteiger charge is 2.27. The second kappa shape index (κ2) is 5.15. The summed E-state index contributed by atoms with van der Waals surface area (Å²) in [7, 11) is 3.70. The smallest absolute Gasteiger partial charge is 0.137 e. The maximum Gasteiger partial charge on any atom is 0.137 e. The maximum atomic E-state index is 6.13. The SMILES string of the molecule is COc1ccc(N(C)C2CCCC2N)cc1Cl. The van der Waals surface area contributed by atoms with Gasteiger partial charge < -0.3 is 15.4 Å². The molecule has 1 aliphatic carbocycles. The van der Waals surface area contributed by atoms with Crippen molar-refractivity contribution in [1.29, 1.82) is 0 Å². The number of anilines is 1. The van der Waals surface area contributed by atoms with E-state index >= 15 is 0 Å². The zero-order valence-corrected chi connectivity index (χ0v) is 11.1. The summed E-state index contributed by atoms with van der Waals surface area (Å²) in [5, 5.41) is 0.642. The van der Waals surface area contributed by atoms with Crippen LogP contribution < -0.4 is 15.4 Å². The van der Waals surface area contributed by atoms with E-state index in [1.54, 1.807) is 7.11 Å². The van der Waals surface area contributed by atoms with Crippen LogP contribution in [-0.4, -0.2) is 26.2 Å². The van der Waals surface area contributed by atoms with E-state index < -0.39 is 0 Å². The summed E-state index contributed by atoms with van der Waals surface area (Å²) >= 11 is 6.13. The Morgan fingerprint density at radius 3 is 2.71 bits per heavy atom. The third-order valence-electron chi connectivity index (χ3n) is 3.57. The van der Waals surface area contributed by atoms with Crippen LogP contribution in [0.4, 0.5) is 5.69 Å². The molecule has 3 nitrogen and oxygen atoms in total. The zero-order valence-electron chi connectivity index (χ0n) is 10.3. The van der Waals surface area contributed by atoms with Gasteiger partial charge in [-0.05, 0) is 37.5 Å². The van der Waals surface area contributed by atoms with Crippen molar-refractivity contribution in [2.24, 2.45) is 5.73 Å². The molecular formula is C13H19ClN2O. The molecule has 0 aliphatic heterocycles. The van der Waals surface area contributed by atoms with Gasteiger partial charge in [-0.15, -0.1) is 0 Å². The van der Waals surface area contributed by atoms with Gasteiger partial charge in [-0.3, -0.25) is 0 Å². The first kappa shape index (κ1) is 12.5. The molecule has 1 fully saturated rings. The lowest BCUT2D eigenvalue weighted by molar-refractivity contribution is 0.415. The third-order valence-corrected chi connectivity index (χ3v) is 3.87. The predicted molar refractivity (Wildman–Crippen MR) is 72.0 cm³/mol. The highest BCUT2D eigenvalue weighted by atomic mass is 35.5. The van der Waals surface area contributed by atoms with Crippen molar-refractivity contribution in [2.45, 2.75) is 31.3 Å². The van der Waals surface area contributed by atoms with E-state index in [-0.39, 0.29) is 6.04 Å². The first-order valence-electron chi connectivity index (χ1n) is 5.95. The fourth-order valence-electron chi connectivity index (χ4n) is 2.52. The summed E-state index contributed by atoms with van der Waals surface area (Å²) in [6, 6.07) is 6.54. The van der Waals surface area contributed by atoms with Gasteiger partial charge in [0, 0.05) is 24.8 Å². The molecule has 4 heteroatoms. The summed E-state index contributed by atoms with van der Waals surface area (Å²) in [5.41, 5.74) is 7.21. The fraction of sp³-hybridized carbons (Fsp3) is 0.538. The highest BCUT2D eigenvalue weighted by Crippen LogP contribution is 2.32. The number of nitrogens with two attached hydrogens (primary N) is 1. The Morgan fingerprint density at radius 2 is 2.18 bits per heavy atom. The molecule has 1 saturated carbocycles. The summed E-state index contributed by atoms with van der Waals surface area (Å²) in [4.78, 5) is 2.23. The number of methoxy groups -OCH3 is 1. The van der Waals surface area contributed by atoms with E-state index in [0.29, 0.717) is 16.8 Å². The molecule has 0 heterocycles. The lowest BCUT2D eigenvalue weighted by atomic mass is 10.1. The molecule has 1 aliphatic rings. The van der Waals surface area contributed by atoms with Gasteiger partial charge in [-0.2, -0.15) is 0 Å². The Labute approximate surface area is 107 Å². The molecule has 1 aromatic carbocycles. The summed E-state index contributed by atoms with van der Waals surface area (Å²) < 4.78 is 5.15. The molecule has 0 radical (unpaired) electrons. The molecule has 0 aromatic heterocycles. The number of nitrogens with zero attached hydrogens (tertiary/aromatic N) is 1. The van der Waals surface area contributed by atoms with Crippen molar-refractivity contribution in [3.05, 3.63) is 23.2 Å². The van der Waals surface area contributed by atoms with E-state index in [0.717, 1.165) is 18.5 Å². The summed E-state index contributed by atoms with van der Waals surface area (Å²) in [6.45, 7) is 0. The topological polar surface area (TPSA) is 38.5 Å². The lowest BCUT2D eigenvalue weighted by Crippen LogP contribution is -2.42. The third kappa shape index (κ3) is 2.50. The Morgan fingerprint density at radius 1 is 1.41 bits per heavy atom. The molecule has 0 spiro atoms. The summed E-state index contributed by atoms with van der Waals surface area (Å²) in [6.07, 6.45) is 3.47. The second-order valence-corrected chi connectivity index (χ2v) is 5.00. The molecule has 2 rings (SSSR count). The van der Waals surface area contributed by atoms with Crippen LogP contribution in [0.2, 0.25) is 5.02 Å². The van der Waals surface area contributed by atoms with Crippen molar-refractivity contribution in [2.75, 3.05) is 19.1 Å². The van der Waals surface area contributed by atoms with Gasteiger partial charge in [-0.25, -0.2) is 0 Å². The highest BCUT2D eigenvalue weighted by molar-refractivity contribution is 6.32. The van der Waals surface area contributed by atoms with Crippen LogP contribution in [0.3, 0.4) is 0 Å². The molecule has 2 N–H and O–H groups in total. The molecular weight excluding hydrogens is 236 g/mol. The Hall–Kier alpha value is -0.930. The lowest BCUT2D eigenvalue weighted by Gasteiger charge is -2.30. The van der Waals surface area contributed by atoms with E-state index in [9.17, 15) is 0 Å². The van der Waals surface area contributed by atoms with Crippen LogP contribution >= 0.6 is 11.6 Å². The van der Waals surface area contributed by atoms with Gasteiger partial charge in [-0.1, -0.05) is 11.6 Å². The van der Waals surface area contributed by atoms with Crippen molar-refractivity contribution in [3.8, 4) is 5.75 Å². The van der Waals surface area contributed by atoms with Gasteiger partial charge >= 0.3 is 0 Å². The quantitative estimate of drug-likeness (QED) is 0.901. The second-order valence-electron chi connectivity index (χ2n) is 4.59. The number of likely N-dealkylation sites (N-methyl/N-ethyl adjacent to an activating group) is 1. The average Bonchev–Trinajstić information content (AvgIpc) is 2.74. The largest absolute Gasteiger partial charge is 0.495 e. The minimum atomic E-state index is 0.265. The standard InChI is InChI=1S/C13H19ClN2O/c1-16(12-5-3-4-11(12)15)9-6-7-13(17-2)10(14)8-9/h6-8,11-12H,3-5,15H2,1-2H3. The fourth-order valence-corrected chi connectivity index (χ4v) is 2.77. The number of hydrogen-bond acceptors (Lipinski definition) is 3. The minimum Gasteiger partial charge on any atom is -0.495 e. The van der Waals surface area contributed by atoms with Crippen LogP contribution in [0, 0.1) is 0 Å². The van der Waals surface area contributed by atoms with Crippen LogP contribution in [0.1, 0.15) is 19.3 Å². The van der Waals surface area contributed by atoms with Crippen molar-refractivity contribution in [3.63, 3.8) is 0 Å². The van der Waals surface area contributed by atoms with Gasteiger partial charge in [0.05, 0.1) is 12.1 Å². The zero-order chi connectivity index (χ0) is 12.4. The monoisotopic (exact) mass is 254 g/mol. The van der Waals surface area contributed by atoms with Gasteiger partial charge in [0.15, 0.2) is 0 Å². The van der Waals surface area contributed by atoms with Gasteiger partial charge in [0.2, 0.25) is 0 Å². The molecule has 2 atom stereocenters. The molecule has 0 saturated heterocycles. The number of ether oxygens (including phenoxy) is 1. The van der Waals surface area contributed by atoms with E-state index in [2.05, 4.69) is 11.9 Å². The molecule has 0 amide bonds. The maximum absolute atomic E-state index is 6.13. The van der Waals surface area contributed by atoms with E-state index in [1.165, 1.54) is 6.42 Å². The van der Waals surface area contributed by atoms with E-state index in [1.807, 2.05) is 18.2 Å². The van der Waals surface area contributed by atoms with Gasteiger partial charge in [0.25, 0.3) is 0 Å². The first-order valence-corrected chi connectivity index (χ1v) is 6.33. The first-order chi connectivity index (χ1) is 8.13. The van der Waals surface area contributed by atoms with E-state index in [4.69, 9.17) is 22.1 Å². The number of halogens is 1. The molecule has 94 valence electrons. The van der Waals surface area contributed by atoms with Crippen LogP contribution in [0.5, 0.6) is 5.75 Å². The number of hydrogen-bond donors (Lipinski definition) is 1. The van der Waals surface area contributed by atoms with Crippen molar-refractivity contribution in [1.82, 2.24) is 0 Å². The number of rotatable bonds is 3. The predicted octanol–water partition coefficient (Wildman–Crippen LogP) is 2.66. The Kier molecular flexibility index (Phi) is 3.79. The van der Waals surface area contributed by atoms with Crippen LogP contribution in [-0.2, 0) is 0 Å². The van der Waals surface area contributed by atoms with Gasteiger partial charge in [0.1, 0.15) is 5.75 Å².